The average molecular weight is 363 g/mol. The minimum Gasteiger partial charge on any atom is -0.486 e. The van der Waals surface area contributed by atoms with Gasteiger partial charge < -0.3 is 9.47 Å². The van der Waals surface area contributed by atoms with Gasteiger partial charge in [-0.2, -0.15) is 0 Å². The Hall–Kier alpha value is -2.87. The Bertz CT molecular complexity index is 923. The van der Waals surface area contributed by atoms with E-state index in [-0.39, 0.29) is 4.90 Å². The Morgan fingerprint density at radius 3 is 2.44 bits per heavy atom. The van der Waals surface area contributed by atoms with Crippen LogP contribution in [0.1, 0.15) is 5.56 Å². The first-order valence-corrected chi connectivity index (χ1v) is 8.82. The van der Waals surface area contributed by atoms with Gasteiger partial charge in [-0.1, -0.05) is 12.1 Å². The molecule has 1 N–H and O–H groups in total. The van der Waals surface area contributed by atoms with Gasteiger partial charge in [-0.25, -0.2) is 17.5 Å². The number of hydrogen-bond acceptors (Lipinski definition) is 5. The van der Waals surface area contributed by atoms with Gasteiger partial charge in [0.2, 0.25) is 0 Å². The van der Waals surface area contributed by atoms with Crippen molar-refractivity contribution in [2.75, 3.05) is 13.2 Å². The minimum absolute atomic E-state index is 0.111. The van der Waals surface area contributed by atoms with Crippen LogP contribution in [0.3, 0.4) is 0 Å². The third-order valence-electron chi connectivity index (χ3n) is 3.36. The van der Waals surface area contributed by atoms with Gasteiger partial charge in [-0.3, -0.25) is 4.79 Å². The van der Waals surface area contributed by atoms with Crippen molar-refractivity contribution in [3.63, 3.8) is 0 Å². The summed E-state index contributed by atoms with van der Waals surface area (Å²) in [5.41, 5.74) is 0.563. The highest BCUT2D eigenvalue weighted by atomic mass is 32.2. The van der Waals surface area contributed by atoms with Crippen LogP contribution in [0.25, 0.3) is 6.08 Å². The number of ether oxygens (including phenoxy) is 2. The molecule has 1 heterocycles. The van der Waals surface area contributed by atoms with E-state index in [9.17, 15) is 17.6 Å². The van der Waals surface area contributed by atoms with Gasteiger partial charge in [0.1, 0.15) is 19.0 Å². The summed E-state index contributed by atoms with van der Waals surface area (Å²) in [6.07, 6.45) is 2.44. The molecule has 2 aromatic rings. The van der Waals surface area contributed by atoms with Crippen molar-refractivity contribution in [3.8, 4) is 11.5 Å². The normalized spacial score (nSPS) is 13.6. The van der Waals surface area contributed by atoms with Crippen LogP contribution < -0.4 is 14.2 Å². The van der Waals surface area contributed by atoms with E-state index in [2.05, 4.69) is 0 Å². The van der Waals surface area contributed by atoms with Crippen LogP contribution in [0.4, 0.5) is 4.39 Å². The van der Waals surface area contributed by atoms with Crippen molar-refractivity contribution in [1.82, 2.24) is 4.72 Å². The fourth-order valence-electron chi connectivity index (χ4n) is 2.16. The van der Waals surface area contributed by atoms with Gasteiger partial charge in [0.25, 0.3) is 15.9 Å². The molecule has 1 aliphatic heterocycles. The summed E-state index contributed by atoms with van der Waals surface area (Å²) in [6, 6.07) is 9.51. The maximum atomic E-state index is 12.8. The molecule has 1 amide bonds. The molecule has 130 valence electrons. The summed E-state index contributed by atoms with van der Waals surface area (Å²) < 4.78 is 50.0. The predicted molar refractivity (Wildman–Crippen MR) is 88.2 cm³/mol. The summed E-state index contributed by atoms with van der Waals surface area (Å²) in [6.45, 7) is 0.716. The van der Waals surface area contributed by atoms with Gasteiger partial charge in [0, 0.05) is 12.1 Å². The Balaban J connectivity index is 1.72. The molecule has 0 bridgehead atoms. The van der Waals surface area contributed by atoms with E-state index in [0.717, 1.165) is 6.08 Å². The van der Waals surface area contributed by atoms with Crippen LogP contribution in [-0.2, 0) is 14.8 Å². The molecule has 2 aromatic carbocycles. The molecular formula is C17H14FNO5S. The number of benzene rings is 2. The molecule has 0 radical (unpaired) electrons. The highest BCUT2D eigenvalue weighted by Gasteiger charge is 2.20. The van der Waals surface area contributed by atoms with Gasteiger partial charge in [0.05, 0.1) is 4.90 Å². The van der Waals surface area contributed by atoms with E-state index in [1.807, 2.05) is 4.72 Å². The number of amides is 1. The monoisotopic (exact) mass is 363 g/mol. The molecule has 0 aromatic heterocycles. The molecule has 0 saturated carbocycles. The van der Waals surface area contributed by atoms with Crippen LogP contribution in [0, 0.1) is 5.82 Å². The van der Waals surface area contributed by atoms with Crippen molar-refractivity contribution in [1.29, 1.82) is 0 Å². The molecule has 3 rings (SSSR count). The lowest BCUT2D eigenvalue weighted by atomic mass is 10.2. The van der Waals surface area contributed by atoms with E-state index in [1.165, 1.54) is 48.5 Å². The van der Waals surface area contributed by atoms with E-state index < -0.39 is 21.7 Å². The van der Waals surface area contributed by atoms with Crippen LogP contribution in [0.5, 0.6) is 11.5 Å². The Morgan fingerprint density at radius 2 is 1.72 bits per heavy atom. The summed E-state index contributed by atoms with van der Waals surface area (Å²) >= 11 is 0. The third kappa shape index (κ3) is 4.16. The lowest BCUT2D eigenvalue weighted by Crippen LogP contribution is -2.29. The fraction of sp³-hybridized carbons (Fsp3) is 0.118. The molecule has 25 heavy (non-hydrogen) atoms. The second-order valence-electron chi connectivity index (χ2n) is 5.16. The SMILES string of the molecule is O=C(C=Cc1ccc(F)cc1)NS(=O)(=O)c1ccc2c(c1)OCCO2. The summed E-state index contributed by atoms with van der Waals surface area (Å²) in [4.78, 5) is 11.7. The van der Waals surface area contributed by atoms with Gasteiger partial charge in [-0.15, -0.1) is 0 Å². The zero-order valence-electron chi connectivity index (χ0n) is 12.9. The van der Waals surface area contributed by atoms with Gasteiger partial charge >= 0.3 is 0 Å². The highest BCUT2D eigenvalue weighted by molar-refractivity contribution is 7.90. The molecule has 0 saturated heterocycles. The number of hydrogen-bond donors (Lipinski definition) is 1. The fourth-order valence-corrected chi connectivity index (χ4v) is 3.12. The number of carbonyl (C=O) groups is 1. The molecule has 0 aliphatic carbocycles. The van der Waals surface area contributed by atoms with Crippen molar-refractivity contribution in [3.05, 3.63) is 59.9 Å². The van der Waals surface area contributed by atoms with Crippen molar-refractivity contribution >= 4 is 22.0 Å². The molecule has 0 atom stereocenters. The summed E-state index contributed by atoms with van der Waals surface area (Å²) in [7, 11) is -4.05. The van der Waals surface area contributed by atoms with Crippen LogP contribution in [-0.4, -0.2) is 27.5 Å². The van der Waals surface area contributed by atoms with E-state index in [4.69, 9.17) is 9.47 Å². The number of fused-ring (bicyclic) bond motifs is 1. The smallest absolute Gasteiger partial charge is 0.264 e. The van der Waals surface area contributed by atoms with E-state index in [1.54, 1.807) is 0 Å². The van der Waals surface area contributed by atoms with Crippen molar-refractivity contribution in [2.45, 2.75) is 4.90 Å². The van der Waals surface area contributed by atoms with Crippen molar-refractivity contribution < 1.29 is 27.1 Å². The molecule has 8 heteroatoms. The zero-order chi connectivity index (χ0) is 17.9. The molecule has 0 unspecified atom stereocenters. The van der Waals surface area contributed by atoms with Crippen LogP contribution in [0.15, 0.2) is 53.4 Å². The van der Waals surface area contributed by atoms with Gasteiger partial charge in [-0.05, 0) is 35.9 Å². The minimum atomic E-state index is -4.05. The van der Waals surface area contributed by atoms with Gasteiger partial charge in [0.15, 0.2) is 11.5 Å². The number of halogens is 1. The third-order valence-corrected chi connectivity index (χ3v) is 4.70. The van der Waals surface area contributed by atoms with E-state index >= 15 is 0 Å². The quantitative estimate of drug-likeness (QED) is 0.842. The summed E-state index contributed by atoms with van der Waals surface area (Å²) in [5, 5.41) is 0. The lowest BCUT2D eigenvalue weighted by molar-refractivity contribution is -0.114. The first kappa shape index (κ1) is 17.0. The Labute approximate surface area is 143 Å². The molecule has 6 nitrogen and oxygen atoms in total. The first-order valence-electron chi connectivity index (χ1n) is 7.34. The van der Waals surface area contributed by atoms with Crippen LogP contribution >= 0.6 is 0 Å². The second kappa shape index (κ2) is 6.94. The first-order chi connectivity index (χ1) is 11.9. The topological polar surface area (TPSA) is 81.7 Å². The average Bonchev–Trinajstić information content (AvgIpc) is 2.60. The molecule has 1 aliphatic rings. The maximum Gasteiger partial charge on any atom is 0.264 e. The predicted octanol–water partition coefficient (Wildman–Crippen LogP) is 2.12. The van der Waals surface area contributed by atoms with E-state index in [0.29, 0.717) is 30.3 Å². The Kier molecular flexibility index (Phi) is 4.71. The lowest BCUT2D eigenvalue weighted by Gasteiger charge is -2.18. The molecule has 0 spiro atoms. The number of nitrogens with one attached hydrogen (secondary N) is 1. The molecule has 0 fully saturated rings. The maximum absolute atomic E-state index is 12.8. The Morgan fingerprint density at radius 1 is 1.04 bits per heavy atom. The standard InChI is InChI=1S/C17H14FNO5S/c18-13-4-1-12(2-5-13)3-8-17(20)19-25(21,22)14-6-7-15-16(11-14)24-10-9-23-15/h1-8,11H,9-10H2,(H,19,20). The highest BCUT2D eigenvalue weighted by Crippen LogP contribution is 2.32. The molecular weight excluding hydrogens is 349 g/mol. The van der Waals surface area contributed by atoms with Crippen LogP contribution in [0.2, 0.25) is 0 Å². The largest absolute Gasteiger partial charge is 0.486 e. The number of sulfonamides is 1. The summed E-state index contributed by atoms with van der Waals surface area (Å²) in [5.74, 6) is -0.460. The van der Waals surface area contributed by atoms with Crippen molar-refractivity contribution in [2.24, 2.45) is 0 Å². The second-order valence-corrected chi connectivity index (χ2v) is 6.84. The number of carbonyl (C=O) groups excluding carboxylic acids is 1. The zero-order valence-corrected chi connectivity index (χ0v) is 13.8. The number of rotatable bonds is 4.